The Morgan fingerprint density at radius 2 is 1.82 bits per heavy atom. The molecule has 0 bridgehead atoms. The van der Waals surface area contributed by atoms with Crippen LogP contribution in [-0.2, 0) is 4.79 Å². The highest BCUT2D eigenvalue weighted by Gasteiger charge is 2.13. The van der Waals surface area contributed by atoms with Crippen LogP contribution in [0.2, 0.25) is 0 Å². The molecule has 0 aliphatic heterocycles. The number of hydrogen-bond donors (Lipinski definition) is 2. The van der Waals surface area contributed by atoms with E-state index in [1.165, 1.54) is 25.1 Å². The minimum Gasteiger partial charge on any atom is -0.326 e. The van der Waals surface area contributed by atoms with Gasteiger partial charge in [-0.25, -0.2) is 4.39 Å². The van der Waals surface area contributed by atoms with Crippen LogP contribution in [0, 0.1) is 12.7 Å². The molecule has 2 N–H and O–H groups in total. The van der Waals surface area contributed by atoms with Crippen molar-refractivity contribution in [2.75, 3.05) is 10.6 Å². The van der Waals surface area contributed by atoms with Gasteiger partial charge in [0.05, 0.1) is 5.56 Å². The molecule has 0 atom stereocenters. The Morgan fingerprint density at radius 1 is 1.09 bits per heavy atom. The zero-order valence-electron chi connectivity index (χ0n) is 12.0. The Bertz CT molecular complexity index is 747. The molecule has 0 unspecified atom stereocenters. The third kappa shape index (κ3) is 3.92. The van der Waals surface area contributed by atoms with E-state index in [1.54, 1.807) is 18.2 Å². The average molecular weight is 365 g/mol. The van der Waals surface area contributed by atoms with E-state index < -0.39 is 11.7 Å². The van der Waals surface area contributed by atoms with Crippen molar-refractivity contribution in [2.45, 2.75) is 13.8 Å². The maximum Gasteiger partial charge on any atom is 0.258 e. The van der Waals surface area contributed by atoms with Crippen LogP contribution in [0.4, 0.5) is 15.8 Å². The first-order valence-corrected chi connectivity index (χ1v) is 7.31. The van der Waals surface area contributed by atoms with Gasteiger partial charge in [0, 0.05) is 22.8 Å². The highest BCUT2D eigenvalue weighted by molar-refractivity contribution is 9.10. The second kappa shape index (κ2) is 6.70. The molecule has 0 heterocycles. The van der Waals surface area contributed by atoms with E-state index in [2.05, 4.69) is 26.6 Å². The lowest BCUT2D eigenvalue weighted by atomic mass is 10.1. The number of aryl methyl sites for hydroxylation is 1. The number of rotatable bonds is 3. The molecule has 6 heteroatoms. The number of carbonyl (C=O) groups is 2. The third-order valence-corrected chi connectivity index (χ3v) is 3.47. The van der Waals surface area contributed by atoms with Crippen molar-refractivity contribution in [2.24, 2.45) is 0 Å². The summed E-state index contributed by atoms with van der Waals surface area (Å²) in [6, 6.07) is 9.28. The van der Waals surface area contributed by atoms with Gasteiger partial charge in [-0.1, -0.05) is 22.0 Å². The predicted molar refractivity (Wildman–Crippen MR) is 87.5 cm³/mol. The summed E-state index contributed by atoms with van der Waals surface area (Å²) in [4.78, 5) is 23.3. The van der Waals surface area contributed by atoms with Gasteiger partial charge in [0.15, 0.2) is 0 Å². The Morgan fingerprint density at radius 3 is 2.50 bits per heavy atom. The average Bonchev–Trinajstić information content (AvgIpc) is 2.44. The number of hydrogen-bond acceptors (Lipinski definition) is 2. The van der Waals surface area contributed by atoms with Crippen molar-refractivity contribution in [1.82, 2.24) is 0 Å². The van der Waals surface area contributed by atoms with Crippen LogP contribution < -0.4 is 10.6 Å². The van der Waals surface area contributed by atoms with Crippen LogP contribution in [0.5, 0.6) is 0 Å². The van der Waals surface area contributed by atoms with Crippen molar-refractivity contribution in [3.8, 4) is 0 Å². The van der Waals surface area contributed by atoms with Gasteiger partial charge < -0.3 is 10.6 Å². The SMILES string of the molecule is CC(=O)Nc1ccc(C)c(NC(=O)c2cc(Br)ccc2F)c1. The Hall–Kier alpha value is -2.21. The van der Waals surface area contributed by atoms with Gasteiger partial charge in [-0.15, -0.1) is 0 Å². The second-order valence-electron chi connectivity index (χ2n) is 4.79. The first-order valence-electron chi connectivity index (χ1n) is 6.51. The number of carbonyl (C=O) groups excluding carboxylic acids is 2. The third-order valence-electron chi connectivity index (χ3n) is 2.98. The molecule has 2 rings (SSSR count). The van der Waals surface area contributed by atoms with E-state index in [1.807, 2.05) is 6.92 Å². The van der Waals surface area contributed by atoms with Crippen LogP contribution >= 0.6 is 15.9 Å². The van der Waals surface area contributed by atoms with E-state index in [9.17, 15) is 14.0 Å². The summed E-state index contributed by atoms with van der Waals surface area (Å²) in [5.74, 6) is -1.36. The van der Waals surface area contributed by atoms with Crippen LogP contribution in [0.3, 0.4) is 0 Å². The smallest absolute Gasteiger partial charge is 0.258 e. The second-order valence-corrected chi connectivity index (χ2v) is 5.70. The van der Waals surface area contributed by atoms with Crippen LogP contribution in [-0.4, -0.2) is 11.8 Å². The predicted octanol–water partition coefficient (Wildman–Crippen LogP) is 4.11. The largest absolute Gasteiger partial charge is 0.326 e. The number of anilines is 2. The first-order chi connectivity index (χ1) is 10.4. The normalized spacial score (nSPS) is 10.2. The number of amides is 2. The summed E-state index contributed by atoms with van der Waals surface area (Å²) in [5, 5.41) is 5.29. The molecular formula is C16H14BrFN2O2. The molecule has 0 saturated heterocycles. The molecule has 2 aromatic carbocycles. The summed E-state index contributed by atoms with van der Waals surface area (Å²) in [6.07, 6.45) is 0. The highest BCUT2D eigenvalue weighted by atomic mass is 79.9. The molecule has 22 heavy (non-hydrogen) atoms. The zero-order chi connectivity index (χ0) is 16.3. The lowest BCUT2D eigenvalue weighted by molar-refractivity contribution is -0.114. The molecule has 0 saturated carbocycles. The Labute approximate surface area is 135 Å². The van der Waals surface area contributed by atoms with Crippen molar-refractivity contribution < 1.29 is 14.0 Å². The van der Waals surface area contributed by atoms with E-state index in [-0.39, 0.29) is 11.5 Å². The molecule has 2 amide bonds. The summed E-state index contributed by atoms with van der Waals surface area (Å²) in [6.45, 7) is 3.21. The van der Waals surface area contributed by atoms with Crippen LogP contribution in [0.15, 0.2) is 40.9 Å². The fourth-order valence-corrected chi connectivity index (χ4v) is 2.26. The summed E-state index contributed by atoms with van der Waals surface area (Å²) in [5.41, 5.74) is 1.82. The molecule has 0 radical (unpaired) electrons. The molecule has 2 aromatic rings. The fourth-order valence-electron chi connectivity index (χ4n) is 1.90. The standard InChI is InChI=1S/C16H14BrFN2O2/c1-9-3-5-12(19-10(2)21)8-15(9)20-16(22)13-7-11(17)4-6-14(13)18/h3-8H,1-2H3,(H,19,21)(H,20,22). The van der Waals surface area contributed by atoms with E-state index in [4.69, 9.17) is 0 Å². The zero-order valence-corrected chi connectivity index (χ0v) is 13.6. The van der Waals surface area contributed by atoms with Crippen molar-refractivity contribution in [3.63, 3.8) is 0 Å². The van der Waals surface area contributed by atoms with Crippen LogP contribution in [0.25, 0.3) is 0 Å². The maximum atomic E-state index is 13.7. The summed E-state index contributed by atoms with van der Waals surface area (Å²) < 4.78 is 14.3. The molecule has 0 spiro atoms. The summed E-state index contributed by atoms with van der Waals surface area (Å²) in [7, 11) is 0. The van der Waals surface area contributed by atoms with E-state index in [0.29, 0.717) is 15.8 Å². The maximum absolute atomic E-state index is 13.7. The van der Waals surface area contributed by atoms with Gasteiger partial charge in [0.2, 0.25) is 5.91 Å². The Balaban J connectivity index is 2.27. The lowest BCUT2D eigenvalue weighted by Crippen LogP contribution is -2.15. The molecular weight excluding hydrogens is 351 g/mol. The number of nitrogens with one attached hydrogen (secondary N) is 2. The van der Waals surface area contributed by atoms with Crippen molar-refractivity contribution in [3.05, 3.63) is 57.8 Å². The molecule has 0 aliphatic carbocycles. The van der Waals surface area contributed by atoms with Gasteiger partial charge in [-0.05, 0) is 42.8 Å². The minimum absolute atomic E-state index is 0.0568. The highest BCUT2D eigenvalue weighted by Crippen LogP contribution is 2.22. The monoisotopic (exact) mass is 364 g/mol. The van der Waals surface area contributed by atoms with Gasteiger partial charge in [0.25, 0.3) is 5.91 Å². The minimum atomic E-state index is -0.601. The first kappa shape index (κ1) is 16.2. The van der Waals surface area contributed by atoms with Gasteiger partial charge in [-0.2, -0.15) is 0 Å². The van der Waals surface area contributed by atoms with Gasteiger partial charge >= 0.3 is 0 Å². The van der Waals surface area contributed by atoms with Crippen molar-refractivity contribution >= 4 is 39.1 Å². The Kier molecular flexibility index (Phi) is 4.92. The van der Waals surface area contributed by atoms with Crippen molar-refractivity contribution in [1.29, 1.82) is 0 Å². The molecule has 114 valence electrons. The van der Waals surface area contributed by atoms with Gasteiger partial charge in [0.1, 0.15) is 5.82 Å². The molecule has 0 aliphatic rings. The van der Waals surface area contributed by atoms with Crippen LogP contribution in [0.1, 0.15) is 22.8 Å². The fraction of sp³-hybridized carbons (Fsp3) is 0.125. The van der Waals surface area contributed by atoms with E-state index in [0.717, 1.165) is 5.56 Å². The van der Waals surface area contributed by atoms with E-state index >= 15 is 0 Å². The molecule has 4 nitrogen and oxygen atoms in total. The number of benzene rings is 2. The number of halogens is 2. The quantitative estimate of drug-likeness (QED) is 0.860. The lowest BCUT2D eigenvalue weighted by Gasteiger charge is -2.11. The van der Waals surface area contributed by atoms with Gasteiger partial charge in [-0.3, -0.25) is 9.59 Å². The molecule has 0 fully saturated rings. The molecule has 0 aromatic heterocycles. The summed E-state index contributed by atoms with van der Waals surface area (Å²) >= 11 is 3.21. The topological polar surface area (TPSA) is 58.2 Å².